The first kappa shape index (κ1) is 26.0. The molecule has 4 heteroatoms. The fourth-order valence-electron chi connectivity index (χ4n) is 6.53. The lowest BCUT2D eigenvalue weighted by Gasteiger charge is -2.27. The van der Waals surface area contributed by atoms with Gasteiger partial charge in [-0.25, -0.2) is 0 Å². The number of rotatable bonds is 4. The van der Waals surface area contributed by atoms with Crippen molar-refractivity contribution in [2.45, 2.75) is 0 Å². The van der Waals surface area contributed by atoms with Crippen LogP contribution in [0.5, 0.6) is 0 Å². The number of benzene rings is 7. The summed E-state index contributed by atoms with van der Waals surface area (Å²) in [6.45, 7) is 0. The van der Waals surface area contributed by atoms with Crippen LogP contribution in [0.25, 0.3) is 62.2 Å². The molecule has 0 aliphatic heterocycles. The molecule has 2 aromatic heterocycles. The topological polar surface area (TPSA) is 3.24 Å². The van der Waals surface area contributed by atoms with Gasteiger partial charge in [0.25, 0.3) is 0 Å². The summed E-state index contributed by atoms with van der Waals surface area (Å²) in [5.74, 6) is 0. The zero-order valence-corrected chi connectivity index (χ0v) is 26.7. The lowest BCUT2D eigenvalue weighted by molar-refractivity contribution is 1.32. The third-order valence-electron chi connectivity index (χ3n) is 8.55. The van der Waals surface area contributed by atoms with Crippen molar-refractivity contribution in [1.29, 1.82) is 0 Å². The highest BCUT2D eigenvalue weighted by atomic mass is 79.9. The van der Waals surface area contributed by atoms with Crippen LogP contribution in [0, 0.1) is 0 Å². The summed E-state index contributed by atoms with van der Waals surface area (Å²) in [6.07, 6.45) is 0. The van der Waals surface area contributed by atoms with E-state index in [-0.39, 0.29) is 0 Å². The monoisotopic (exact) mass is 661 g/mol. The molecule has 0 fully saturated rings. The normalized spacial score (nSPS) is 11.8. The standard InChI is InChI=1S/C40H24BrNS2/c41-33-23-24-35(40-38(33)32-13-4-6-18-37(32)44-40)42(34-16-8-15-31-30-12-3-5-17-36(30)43-39(31)34)27-21-19-26(20-22-27)29-14-7-10-25-9-1-2-11-28(25)29/h1-24H. The zero-order valence-electron chi connectivity index (χ0n) is 23.5. The maximum Gasteiger partial charge on any atom is 0.0641 e. The van der Waals surface area contributed by atoms with Crippen LogP contribution in [0.1, 0.15) is 0 Å². The average Bonchev–Trinajstić information content (AvgIpc) is 3.66. The van der Waals surface area contributed by atoms with Gasteiger partial charge in [0.05, 0.1) is 20.8 Å². The van der Waals surface area contributed by atoms with Crippen LogP contribution in [0.3, 0.4) is 0 Å². The maximum absolute atomic E-state index is 3.90. The molecule has 0 saturated heterocycles. The molecule has 0 spiro atoms. The van der Waals surface area contributed by atoms with Crippen molar-refractivity contribution in [3.8, 4) is 11.1 Å². The van der Waals surface area contributed by atoms with Crippen LogP contribution >= 0.6 is 38.6 Å². The van der Waals surface area contributed by atoms with Crippen molar-refractivity contribution in [2.24, 2.45) is 0 Å². The minimum Gasteiger partial charge on any atom is -0.308 e. The van der Waals surface area contributed by atoms with Crippen LogP contribution in [0.4, 0.5) is 17.1 Å². The van der Waals surface area contributed by atoms with Gasteiger partial charge in [0.2, 0.25) is 0 Å². The molecule has 208 valence electrons. The predicted octanol–water partition coefficient (Wildman–Crippen LogP) is 13.5. The van der Waals surface area contributed by atoms with Gasteiger partial charge in [-0.15, -0.1) is 22.7 Å². The second-order valence-electron chi connectivity index (χ2n) is 11.0. The Hall–Kier alpha value is -4.48. The number of anilines is 3. The van der Waals surface area contributed by atoms with E-state index in [0.29, 0.717) is 0 Å². The maximum atomic E-state index is 3.90. The first-order valence-electron chi connectivity index (χ1n) is 14.6. The molecular weight excluding hydrogens is 638 g/mol. The molecule has 0 atom stereocenters. The minimum atomic E-state index is 1.13. The van der Waals surface area contributed by atoms with Crippen molar-refractivity contribution in [3.63, 3.8) is 0 Å². The summed E-state index contributed by atoms with van der Waals surface area (Å²) in [4.78, 5) is 2.47. The van der Waals surface area contributed by atoms with E-state index in [1.807, 2.05) is 22.7 Å². The Bertz CT molecular complexity index is 2520. The van der Waals surface area contributed by atoms with Gasteiger partial charge in [-0.2, -0.15) is 0 Å². The van der Waals surface area contributed by atoms with E-state index in [2.05, 4.69) is 166 Å². The Labute approximate surface area is 271 Å². The van der Waals surface area contributed by atoms with Crippen molar-refractivity contribution >= 4 is 107 Å². The smallest absolute Gasteiger partial charge is 0.0641 e. The Balaban J connectivity index is 1.31. The highest BCUT2D eigenvalue weighted by Crippen LogP contribution is 2.50. The summed E-state index contributed by atoms with van der Waals surface area (Å²) < 4.78 is 6.30. The largest absolute Gasteiger partial charge is 0.308 e. The molecule has 0 aliphatic rings. The molecular formula is C40H24BrNS2. The highest BCUT2D eigenvalue weighted by molar-refractivity contribution is 9.10. The number of halogens is 1. The molecule has 9 rings (SSSR count). The van der Waals surface area contributed by atoms with Crippen molar-refractivity contribution in [3.05, 3.63) is 150 Å². The van der Waals surface area contributed by atoms with E-state index in [4.69, 9.17) is 0 Å². The van der Waals surface area contributed by atoms with Gasteiger partial charge in [-0.1, -0.05) is 119 Å². The van der Waals surface area contributed by atoms with E-state index < -0.39 is 0 Å². The fraction of sp³-hybridized carbons (Fsp3) is 0. The second kappa shape index (κ2) is 10.3. The van der Waals surface area contributed by atoms with Gasteiger partial charge < -0.3 is 4.90 Å². The van der Waals surface area contributed by atoms with Crippen LogP contribution in [0.2, 0.25) is 0 Å². The molecule has 2 heterocycles. The van der Waals surface area contributed by atoms with Gasteiger partial charge in [-0.05, 0) is 64.4 Å². The molecule has 0 N–H and O–H groups in total. The molecule has 0 amide bonds. The second-order valence-corrected chi connectivity index (χ2v) is 14.0. The fourth-order valence-corrected chi connectivity index (χ4v) is 9.65. The molecule has 0 aliphatic carbocycles. The number of hydrogen-bond donors (Lipinski definition) is 0. The van der Waals surface area contributed by atoms with E-state index >= 15 is 0 Å². The molecule has 7 aromatic carbocycles. The minimum absolute atomic E-state index is 1.13. The summed E-state index contributed by atoms with van der Waals surface area (Å²) in [6, 6.07) is 53.0. The van der Waals surface area contributed by atoms with Crippen LogP contribution < -0.4 is 4.90 Å². The Morgan fingerprint density at radius 3 is 1.91 bits per heavy atom. The lowest BCUT2D eigenvalue weighted by Crippen LogP contribution is -2.10. The highest BCUT2D eigenvalue weighted by Gasteiger charge is 2.22. The SMILES string of the molecule is Brc1ccc(N(c2ccc(-c3cccc4ccccc34)cc2)c2cccc3c2sc2ccccc23)c2sc3ccccc3c12. The van der Waals surface area contributed by atoms with E-state index in [1.54, 1.807) is 0 Å². The Morgan fingerprint density at radius 1 is 0.455 bits per heavy atom. The quantitative estimate of drug-likeness (QED) is 0.181. The Morgan fingerprint density at radius 2 is 1.07 bits per heavy atom. The van der Waals surface area contributed by atoms with Crippen LogP contribution in [0.15, 0.2) is 150 Å². The third-order valence-corrected chi connectivity index (χ3v) is 11.6. The zero-order chi connectivity index (χ0) is 29.2. The average molecular weight is 663 g/mol. The number of hydrogen-bond acceptors (Lipinski definition) is 3. The van der Waals surface area contributed by atoms with Gasteiger partial charge >= 0.3 is 0 Å². The van der Waals surface area contributed by atoms with Crippen molar-refractivity contribution in [2.75, 3.05) is 4.90 Å². The van der Waals surface area contributed by atoms with E-state index in [9.17, 15) is 0 Å². The number of thiophene rings is 2. The van der Waals surface area contributed by atoms with E-state index in [0.717, 1.165) is 10.2 Å². The molecule has 0 saturated carbocycles. The summed E-state index contributed by atoms with van der Waals surface area (Å²) in [7, 11) is 0. The van der Waals surface area contributed by atoms with Crippen molar-refractivity contribution < 1.29 is 0 Å². The van der Waals surface area contributed by atoms with E-state index in [1.165, 1.54) is 73.6 Å². The molecule has 0 unspecified atom stereocenters. The summed E-state index contributed by atoms with van der Waals surface area (Å²) >= 11 is 7.64. The number of fused-ring (bicyclic) bond motifs is 7. The van der Waals surface area contributed by atoms with Gasteiger partial charge in [-0.3, -0.25) is 0 Å². The van der Waals surface area contributed by atoms with Crippen LogP contribution in [-0.2, 0) is 0 Å². The third kappa shape index (κ3) is 4.02. The summed E-state index contributed by atoms with van der Waals surface area (Å²) in [5, 5.41) is 7.69. The van der Waals surface area contributed by atoms with Gasteiger partial charge in [0.1, 0.15) is 0 Å². The van der Waals surface area contributed by atoms with Crippen LogP contribution in [-0.4, -0.2) is 0 Å². The van der Waals surface area contributed by atoms with Gasteiger partial charge in [0.15, 0.2) is 0 Å². The summed E-state index contributed by atoms with van der Waals surface area (Å²) in [5.41, 5.74) is 5.99. The van der Waals surface area contributed by atoms with Crippen molar-refractivity contribution in [1.82, 2.24) is 0 Å². The molecule has 0 radical (unpaired) electrons. The molecule has 0 bridgehead atoms. The first-order chi connectivity index (χ1) is 21.7. The molecule has 44 heavy (non-hydrogen) atoms. The predicted molar refractivity (Wildman–Crippen MR) is 198 cm³/mol. The first-order valence-corrected chi connectivity index (χ1v) is 17.1. The molecule has 9 aromatic rings. The van der Waals surface area contributed by atoms with Gasteiger partial charge in [0, 0.05) is 41.1 Å². The lowest BCUT2D eigenvalue weighted by atomic mass is 9.98. The molecule has 1 nitrogen and oxygen atoms in total. The Kier molecular flexibility index (Phi) is 6.09. The number of nitrogens with zero attached hydrogens (tertiary/aromatic N) is 1.